The molecule has 1 aliphatic rings. The largest absolute Gasteiger partial charge is 0.373 e. The smallest absolute Gasteiger partial charge is 0.0642 e. The maximum absolute atomic E-state index is 6.41. The number of benzene rings is 1. The van der Waals surface area contributed by atoms with Gasteiger partial charge in [0.25, 0.3) is 0 Å². The summed E-state index contributed by atoms with van der Waals surface area (Å²) in [7, 11) is 2.15. The van der Waals surface area contributed by atoms with E-state index in [0.29, 0.717) is 0 Å². The van der Waals surface area contributed by atoms with Crippen molar-refractivity contribution in [2.45, 2.75) is 39.2 Å². The van der Waals surface area contributed by atoms with Gasteiger partial charge in [0.1, 0.15) is 0 Å². The van der Waals surface area contributed by atoms with E-state index in [2.05, 4.69) is 31.9 Å². The van der Waals surface area contributed by atoms with Crippen molar-refractivity contribution in [1.82, 2.24) is 0 Å². The summed E-state index contributed by atoms with van der Waals surface area (Å²) in [5.41, 5.74) is 8.55. The van der Waals surface area contributed by atoms with Crippen LogP contribution in [0.2, 0.25) is 5.02 Å². The van der Waals surface area contributed by atoms with E-state index in [1.54, 1.807) is 0 Å². The van der Waals surface area contributed by atoms with Crippen molar-refractivity contribution < 1.29 is 0 Å². The van der Waals surface area contributed by atoms with E-state index >= 15 is 0 Å². The molecule has 106 valence electrons. The Morgan fingerprint density at radius 3 is 2.74 bits per heavy atom. The summed E-state index contributed by atoms with van der Waals surface area (Å²) in [6, 6.07) is 6.37. The van der Waals surface area contributed by atoms with Gasteiger partial charge >= 0.3 is 0 Å². The molecule has 0 saturated heterocycles. The highest BCUT2D eigenvalue weighted by atomic mass is 35.5. The maximum Gasteiger partial charge on any atom is 0.0642 e. The lowest BCUT2D eigenvalue weighted by atomic mass is 10.0. The lowest BCUT2D eigenvalue weighted by Crippen LogP contribution is -2.26. The highest BCUT2D eigenvalue weighted by Crippen LogP contribution is 2.40. The van der Waals surface area contributed by atoms with E-state index < -0.39 is 0 Å². The van der Waals surface area contributed by atoms with Crippen LogP contribution in [0.3, 0.4) is 0 Å². The summed E-state index contributed by atoms with van der Waals surface area (Å²) < 4.78 is 0. The van der Waals surface area contributed by atoms with Gasteiger partial charge in [0.05, 0.1) is 10.7 Å². The first-order chi connectivity index (χ1) is 9.02. The van der Waals surface area contributed by atoms with Gasteiger partial charge in [-0.1, -0.05) is 37.6 Å². The van der Waals surface area contributed by atoms with Crippen LogP contribution in [0.1, 0.15) is 32.3 Å². The van der Waals surface area contributed by atoms with Crippen molar-refractivity contribution in [2.24, 2.45) is 17.6 Å². The third kappa shape index (κ3) is 3.64. The molecule has 0 heterocycles. The molecule has 3 atom stereocenters. The Morgan fingerprint density at radius 1 is 1.47 bits per heavy atom. The minimum Gasteiger partial charge on any atom is -0.373 e. The second kappa shape index (κ2) is 6.15. The van der Waals surface area contributed by atoms with Gasteiger partial charge in [-0.15, -0.1) is 0 Å². The van der Waals surface area contributed by atoms with E-state index in [0.717, 1.165) is 36.2 Å². The van der Waals surface area contributed by atoms with Gasteiger partial charge in [0, 0.05) is 19.6 Å². The number of hydrogen-bond donors (Lipinski definition) is 1. The minimum absolute atomic E-state index is 0.213. The summed E-state index contributed by atoms with van der Waals surface area (Å²) >= 11 is 6.41. The summed E-state index contributed by atoms with van der Waals surface area (Å²) in [5, 5.41) is 0.844. The molecule has 0 spiro atoms. The van der Waals surface area contributed by atoms with Gasteiger partial charge in [0.2, 0.25) is 0 Å². The fraction of sp³-hybridized carbons (Fsp3) is 0.625. The molecule has 19 heavy (non-hydrogen) atoms. The number of nitrogens with two attached hydrogens (primary N) is 1. The predicted octanol–water partition coefficient (Wildman–Crippen LogP) is 3.71. The van der Waals surface area contributed by atoms with Crippen molar-refractivity contribution in [1.29, 1.82) is 0 Å². The van der Waals surface area contributed by atoms with E-state index in [1.807, 2.05) is 12.1 Å². The number of anilines is 1. The molecule has 0 amide bonds. The van der Waals surface area contributed by atoms with Crippen molar-refractivity contribution in [3.05, 3.63) is 28.8 Å². The van der Waals surface area contributed by atoms with Gasteiger partial charge in [-0.2, -0.15) is 0 Å². The van der Waals surface area contributed by atoms with E-state index in [9.17, 15) is 0 Å². The Bertz CT molecular complexity index is 433. The highest BCUT2D eigenvalue weighted by molar-refractivity contribution is 6.33. The Balaban J connectivity index is 2.16. The first kappa shape index (κ1) is 14.7. The Morgan fingerprint density at radius 2 is 2.16 bits per heavy atom. The summed E-state index contributed by atoms with van der Waals surface area (Å²) in [6.07, 6.45) is 3.24. The zero-order valence-electron chi connectivity index (χ0n) is 12.2. The average Bonchev–Trinajstić information content (AvgIpc) is 3.04. The molecule has 0 radical (unpaired) electrons. The fourth-order valence-electron chi connectivity index (χ4n) is 2.68. The van der Waals surface area contributed by atoms with Crippen molar-refractivity contribution >= 4 is 17.3 Å². The topological polar surface area (TPSA) is 29.3 Å². The van der Waals surface area contributed by atoms with Crippen LogP contribution < -0.4 is 10.6 Å². The molecule has 2 N–H and O–H groups in total. The fourth-order valence-corrected chi connectivity index (χ4v) is 3.01. The first-order valence-electron chi connectivity index (χ1n) is 7.27. The second-order valence-corrected chi connectivity index (χ2v) is 6.38. The molecule has 1 aromatic rings. The SMILES string of the molecule is CCC(N)Cc1cccc(Cl)c1N(C)CC1CC1C. The quantitative estimate of drug-likeness (QED) is 0.861. The third-order valence-electron chi connectivity index (χ3n) is 4.24. The number of nitrogens with zero attached hydrogens (tertiary/aromatic N) is 1. The van der Waals surface area contributed by atoms with E-state index in [-0.39, 0.29) is 6.04 Å². The molecular formula is C16H25ClN2. The Hall–Kier alpha value is -0.730. The van der Waals surface area contributed by atoms with Gasteiger partial charge < -0.3 is 10.6 Å². The molecule has 1 saturated carbocycles. The highest BCUT2D eigenvalue weighted by Gasteiger charge is 2.33. The standard InChI is InChI=1S/C16H25ClN2/c1-4-14(18)9-12-6-5-7-15(17)16(12)19(3)10-13-8-11(13)2/h5-7,11,13-14H,4,8-10,18H2,1-3H3. The number of rotatable bonds is 6. The van der Waals surface area contributed by atoms with Gasteiger partial charge in [-0.3, -0.25) is 0 Å². The van der Waals surface area contributed by atoms with Crippen molar-refractivity contribution in [2.75, 3.05) is 18.5 Å². The van der Waals surface area contributed by atoms with Crippen LogP contribution in [0.5, 0.6) is 0 Å². The van der Waals surface area contributed by atoms with Crippen LogP contribution in [0.4, 0.5) is 5.69 Å². The molecule has 3 unspecified atom stereocenters. The Labute approximate surface area is 121 Å². The van der Waals surface area contributed by atoms with Gasteiger partial charge in [-0.25, -0.2) is 0 Å². The van der Waals surface area contributed by atoms with Crippen LogP contribution in [0, 0.1) is 11.8 Å². The molecule has 0 bridgehead atoms. The van der Waals surface area contributed by atoms with Crippen LogP contribution >= 0.6 is 11.6 Å². The zero-order chi connectivity index (χ0) is 14.0. The van der Waals surface area contributed by atoms with Crippen LogP contribution in [0.25, 0.3) is 0 Å². The monoisotopic (exact) mass is 280 g/mol. The van der Waals surface area contributed by atoms with Crippen molar-refractivity contribution in [3.8, 4) is 0 Å². The average molecular weight is 281 g/mol. The van der Waals surface area contributed by atoms with E-state index in [1.165, 1.54) is 17.7 Å². The zero-order valence-corrected chi connectivity index (χ0v) is 13.0. The Kier molecular flexibility index (Phi) is 4.75. The van der Waals surface area contributed by atoms with Gasteiger partial charge in [0.15, 0.2) is 0 Å². The normalized spacial score (nSPS) is 23.2. The minimum atomic E-state index is 0.213. The van der Waals surface area contributed by atoms with Crippen molar-refractivity contribution in [3.63, 3.8) is 0 Å². The summed E-state index contributed by atoms with van der Waals surface area (Å²) in [4.78, 5) is 2.31. The van der Waals surface area contributed by atoms with Crippen LogP contribution in [0.15, 0.2) is 18.2 Å². The first-order valence-corrected chi connectivity index (χ1v) is 7.64. The number of halogens is 1. The van der Waals surface area contributed by atoms with Gasteiger partial charge in [-0.05, 0) is 42.7 Å². The van der Waals surface area contributed by atoms with Crippen LogP contribution in [-0.2, 0) is 6.42 Å². The number of hydrogen-bond acceptors (Lipinski definition) is 2. The lowest BCUT2D eigenvalue weighted by Gasteiger charge is -2.25. The molecule has 3 heteroatoms. The summed E-state index contributed by atoms with van der Waals surface area (Å²) in [6.45, 7) is 5.54. The lowest BCUT2D eigenvalue weighted by molar-refractivity contribution is 0.643. The second-order valence-electron chi connectivity index (χ2n) is 5.97. The third-order valence-corrected chi connectivity index (χ3v) is 4.55. The molecule has 1 aromatic carbocycles. The molecule has 1 aliphatic carbocycles. The predicted molar refractivity (Wildman–Crippen MR) is 84.0 cm³/mol. The molecule has 2 rings (SSSR count). The maximum atomic E-state index is 6.41. The molecular weight excluding hydrogens is 256 g/mol. The molecule has 1 fully saturated rings. The van der Waals surface area contributed by atoms with Crippen LogP contribution in [-0.4, -0.2) is 19.6 Å². The molecule has 2 nitrogen and oxygen atoms in total. The summed E-state index contributed by atoms with van der Waals surface area (Å²) in [5.74, 6) is 1.69. The number of para-hydroxylation sites is 1. The van der Waals surface area contributed by atoms with E-state index in [4.69, 9.17) is 17.3 Å². The molecule has 0 aromatic heterocycles. The molecule has 0 aliphatic heterocycles.